The summed E-state index contributed by atoms with van der Waals surface area (Å²) in [4.78, 5) is 9.69. The van der Waals surface area contributed by atoms with E-state index >= 15 is 0 Å². The number of fused-ring (bicyclic) bond motifs is 1. The number of halogens is 1. The molecule has 0 aliphatic heterocycles. The minimum Gasteiger partial charge on any atom is -0.360 e. The zero-order valence-corrected chi connectivity index (χ0v) is 15.5. The Morgan fingerprint density at radius 2 is 2.00 bits per heavy atom. The van der Waals surface area contributed by atoms with Gasteiger partial charge in [0.1, 0.15) is 22.0 Å². The number of rotatable bonds is 5. The van der Waals surface area contributed by atoms with Crippen LogP contribution in [0.1, 0.15) is 6.92 Å². The van der Waals surface area contributed by atoms with Crippen molar-refractivity contribution < 1.29 is 4.39 Å². The number of thiophene rings is 1. The van der Waals surface area contributed by atoms with Crippen molar-refractivity contribution in [2.24, 2.45) is 0 Å². The smallest absolute Gasteiger partial charge is 0.206 e. The predicted molar refractivity (Wildman–Crippen MR) is 101 cm³/mol. The Hall–Kier alpha value is -2.10. The zero-order valence-electron chi connectivity index (χ0n) is 13.1. The molecule has 4 aromatic rings. The summed E-state index contributed by atoms with van der Waals surface area (Å²) in [6, 6.07) is 6.46. The Labute approximate surface area is 155 Å². The van der Waals surface area contributed by atoms with E-state index in [4.69, 9.17) is 0 Å². The first-order valence-electron chi connectivity index (χ1n) is 7.48. The largest absolute Gasteiger partial charge is 0.360 e. The van der Waals surface area contributed by atoms with Crippen molar-refractivity contribution in [3.8, 4) is 11.1 Å². The maximum absolute atomic E-state index is 13.2. The van der Waals surface area contributed by atoms with Crippen LogP contribution in [0.2, 0.25) is 0 Å². The van der Waals surface area contributed by atoms with E-state index < -0.39 is 0 Å². The zero-order chi connectivity index (χ0) is 17.2. The molecule has 1 aromatic carbocycles. The molecule has 0 atom stereocenters. The van der Waals surface area contributed by atoms with Gasteiger partial charge in [0.25, 0.3) is 0 Å². The third-order valence-electron chi connectivity index (χ3n) is 3.41. The number of aromatic nitrogens is 4. The van der Waals surface area contributed by atoms with E-state index in [0.717, 1.165) is 42.4 Å². The van der Waals surface area contributed by atoms with Crippen molar-refractivity contribution in [1.82, 2.24) is 20.2 Å². The first-order chi connectivity index (χ1) is 12.2. The Morgan fingerprint density at radius 3 is 2.80 bits per heavy atom. The number of benzene rings is 1. The normalized spacial score (nSPS) is 11.1. The Morgan fingerprint density at radius 1 is 1.16 bits per heavy atom. The van der Waals surface area contributed by atoms with Gasteiger partial charge in [-0.3, -0.25) is 0 Å². The Kier molecular flexibility index (Phi) is 4.60. The highest BCUT2D eigenvalue weighted by molar-refractivity contribution is 8.01. The van der Waals surface area contributed by atoms with Crippen molar-refractivity contribution in [3.05, 3.63) is 41.8 Å². The molecule has 25 heavy (non-hydrogen) atoms. The summed E-state index contributed by atoms with van der Waals surface area (Å²) in [6.45, 7) is 2.82. The Balaban J connectivity index is 1.75. The summed E-state index contributed by atoms with van der Waals surface area (Å²) in [5.41, 5.74) is 1.94. The van der Waals surface area contributed by atoms with Gasteiger partial charge in [-0.2, -0.15) is 0 Å². The van der Waals surface area contributed by atoms with Crippen LogP contribution < -0.4 is 5.32 Å². The molecule has 9 heteroatoms. The van der Waals surface area contributed by atoms with Crippen molar-refractivity contribution >= 4 is 49.8 Å². The monoisotopic (exact) mass is 389 g/mol. The van der Waals surface area contributed by atoms with Gasteiger partial charge in [0.2, 0.25) is 5.13 Å². The van der Waals surface area contributed by atoms with Gasteiger partial charge in [0.05, 0.1) is 5.39 Å². The maximum Gasteiger partial charge on any atom is 0.206 e. The third kappa shape index (κ3) is 3.35. The summed E-state index contributed by atoms with van der Waals surface area (Å²) in [7, 11) is 0. The summed E-state index contributed by atoms with van der Waals surface area (Å²) in [5.74, 6) is -0.251. The van der Waals surface area contributed by atoms with E-state index in [1.165, 1.54) is 35.2 Å². The molecule has 126 valence electrons. The van der Waals surface area contributed by atoms with Crippen molar-refractivity contribution in [1.29, 1.82) is 0 Å². The number of nitrogens with one attached hydrogen (secondary N) is 1. The minimum absolute atomic E-state index is 0.251. The van der Waals surface area contributed by atoms with Gasteiger partial charge in [0.15, 0.2) is 4.34 Å². The molecule has 0 aliphatic carbocycles. The van der Waals surface area contributed by atoms with Crippen molar-refractivity contribution in [2.75, 3.05) is 11.9 Å². The summed E-state index contributed by atoms with van der Waals surface area (Å²) in [6.07, 6.45) is 1.56. The molecule has 0 spiro atoms. The lowest BCUT2D eigenvalue weighted by atomic mass is 10.1. The standard InChI is InChI=1S/C16H12FN5S3/c1-2-18-15-21-22-16(25-15)24-14-12-11(7-23-13(12)19-8-20-14)9-3-5-10(17)6-4-9/h3-8H,2H2,1H3,(H,18,21). The number of nitrogens with zero attached hydrogens (tertiary/aromatic N) is 4. The molecule has 0 aliphatic rings. The fourth-order valence-electron chi connectivity index (χ4n) is 2.32. The highest BCUT2D eigenvalue weighted by atomic mass is 32.2. The van der Waals surface area contributed by atoms with Crippen LogP contribution in [0.25, 0.3) is 21.3 Å². The first kappa shape index (κ1) is 16.4. The van der Waals surface area contributed by atoms with Gasteiger partial charge in [-0.1, -0.05) is 23.5 Å². The van der Waals surface area contributed by atoms with E-state index in [-0.39, 0.29) is 5.82 Å². The average molecular weight is 390 g/mol. The van der Waals surface area contributed by atoms with Crippen LogP contribution in [0.15, 0.2) is 45.3 Å². The molecule has 3 aromatic heterocycles. The molecule has 4 rings (SSSR count). The van der Waals surface area contributed by atoms with Crippen LogP contribution in [0.4, 0.5) is 9.52 Å². The van der Waals surface area contributed by atoms with Crippen molar-refractivity contribution in [3.63, 3.8) is 0 Å². The third-order valence-corrected chi connectivity index (χ3v) is 6.23. The summed E-state index contributed by atoms with van der Waals surface area (Å²) in [5, 5.41) is 16.1. The lowest BCUT2D eigenvalue weighted by Crippen LogP contribution is -1.94. The van der Waals surface area contributed by atoms with E-state index in [2.05, 4.69) is 25.5 Å². The molecule has 3 heterocycles. The molecule has 0 bridgehead atoms. The summed E-state index contributed by atoms with van der Waals surface area (Å²) < 4.78 is 14.0. The van der Waals surface area contributed by atoms with E-state index in [9.17, 15) is 4.39 Å². The van der Waals surface area contributed by atoms with Crippen LogP contribution in [0, 0.1) is 5.82 Å². The predicted octanol–water partition coefficient (Wildman–Crippen LogP) is 4.93. The van der Waals surface area contributed by atoms with Crippen LogP contribution >= 0.6 is 34.4 Å². The molecule has 0 radical (unpaired) electrons. The highest BCUT2D eigenvalue weighted by Gasteiger charge is 2.16. The van der Waals surface area contributed by atoms with Gasteiger partial charge in [-0.15, -0.1) is 21.5 Å². The second-order valence-corrected chi connectivity index (χ2v) is 8.09. The average Bonchev–Trinajstić information content (AvgIpc) is 3.24. The molecule has 1 N–H and O–H groups in total. The molecular weight excluding hydrogens is 377 g/mol. The van der Waals surface area contributed by atoms with E-state index in [1.54, 1.807) is 29.8 Å². The second kappa shape index (κ2) is 7.03. The Bertz CT molecular complexity index is 1010. The van der Waals surface area contributed by atoms with Gasteiger partial charge in [-0.05, 0) is 36.4 Å². The van der Waals surface area contributed by atoms with Crippen molar-refractivity contribution in [2.45, 2.75) is 16.3 Å². The molecule has 0 fully saturated rings. The van der Waals surface area contributed by atoms with Crippen LogP contribution in [-0.4, -0.2) is 26.7 Å². The summed E-state index contributed by atoms with van der Waals surface area (Å²) >= 11 is 4.50. The highest BCUT2D eigenvalue weighted by Crippen LogP contribution is 2.41. The SMILES string of the molecule is CCNc1nnc(Sc2ncnc3scc(-c4ccc(F)cc4)c23)s1. The van der Waals surface area contributed by atoms with Gasteiger partial charge < -0.3 is 5.32 Å². The fraction of sp³-hybridized carbons (Fsp3) is 0.125. The first-order valence-corrected chi connectivity index (χ1v) is 9.99. The van der Waals surface area contributed by atoms with Crippen LogP contribution in [-0.2, 0) is 0 Å². The quantitative estimate of drug-likeness (QED) is 0.488. The van der Waals surface area contributed by atoms with Gasteiger partial charge in [-0.25, -0.2) is 14.4 Å². The lowest BCUT2D eigenvalue weighted by molar-refractivity contribution is 0.628. The topological polar surface area (TPSA) is 63.6 Å². The fourth-order valence-corrected chi connectivity index (χ4v) is 5.14. The molecule has 0 saturated heterocycles. The van der Waals surface area contributed by atoms with Gasteiger partial charge >= 0.3 is 0 Å². The molecule has 0 saturated carbocycles. The molecule has 5 nitrogen and oxygen atoms in total. The van der Waals surface area contributed by atoms with Crippen LogP contribution in [0.3, 0.4) is 0 Å². The number of hydrogen-bond donors (Lipinski definition) is 1. The van der Waals surface area contributed by atoms with Gasteiger partial charge in [0, 0.05) is 17.5 Å². The molecule has 0 unspecified atom stereocenters. The number of anilines is 1. The molecule has 0 amide bonds. The maximum atomic E-state index is 13.2. The molecular formula is C16H12FN5S3. The van der Waals surface area contributed by atoms with E-state index in [0.29, 0.717) is 0 Å². The van der Waals surface area contributed by atoms with E-state index in [1.807, 2.05) is 12.3 Å². The minimum atomic E-state index is -0.251. The number of hydrogen-bond acceptors (Lipinski definition) is 8. The van der Waals surface area contributed by atoms with Crippen LogP contribution in [0.5, 0.6) is 0 Å². The lowest BCUT2D eigenvalue weighted by Gasteiger charge is -2.03. The second-order valence-electron chi connectivity index (χ2n) is 5.02.